The van der Waals surface area contributed by atoms with Gasteiger partial charge in [0.2, 0.25) is 0 Å². The molecule has 0 radical (unpaired) electrons. The van der Waals surface area contributed by atoms with E-state index in [1.165, 1.54) is 0 Å². The minimum Gasteiger partial charge on any atom is -0.478 e. The number of carboxylic acids is 1. The molecule has 0 saturated heterocycles. The maximum absolute atomic E-state index is 10.3. The molecule has 0 spiro atoms. The maximum atomic E-state index is 10.3. The van der Waals surface area contributed by atoms with Crippen molar-refractivity contribution in [2.24, 2.45) is 0 Å². The Kier molecular flexibility index (Phi) is 6.32. The summed E-state index contributed by atoms with van der Waals surface area (Å²) in [6.45, 7) is 5.15. The molecule has 4 heteroatoms. The summed E-state index contributed by atoms with van der Waals surface area (Å²) in [4.78, 5) is 10.3. The topological polar surface area (TPSA) is 58.6 Å². The number of ether oxygens (including phenoxy) is 1. The number of hydrogen-bond acceptors (Lipinski definition) is 3. The SMILES string of the molecule is C=C(CNCCCOC)C(=O)O. The molecule has 0 aliphatic rings. The molecule has 12 heavy (non-hydrogen) atoms. The zero-order valence-electron chi connectivity index (χ0n) is 7.30. The Bertz CT molecular complexity index is 156. The number of methoxy groups -OCH3 is 1. The van der Waals surface area contributed by atoms with Crippen LogP contribution in [0.15, 0.2) is 12.2 Å². The van der Waals surface area contributed by atoms with Crippen molar-refractivity contribution in [1.29, 1.82) is 0 Å². The molecule has 0 aliphatic carbocycles. The third-order valence-electron chi connectivity index (χ3n) is 1.34. The molecule has 0 bridgehead atoms. The predicted molar refractivity (Wildman–Crippen MR) is 46.1 cm³/mol. The highest BCUT2D eigenvalue weighted by molar-refractivity contribution is 5.86. The van der Waals surface area contributed by atoms with Crippen LogP contribution in [0.1, 0.15) is 6.42 Å². The monoisotopic (exact) mass is 173 g/mol. The van der Waals surface area contributed by atoms with Crippen LogP contribution in [0.2, 0.25) is 0 Å². The molecular formula is C8H15NO3. The van der Waals surface area contributed by atoms with Crippen LogP contribution in [-0.4, -0.2) is 37.9 Å². The largest absolute Gasteiger partial charge is 0.478 e. The zero-order valence-corrected chi connectivity index (χ0v) is 7.30. The Morgan fingerprint density at radius 2 is 2.33 bits per heavy atom. The molecule has 0 fully saturated rings. The van der Waals surface area contributed by atoms with Gasteiger partial charge in [0.1, 0.15) is 0 Å². The molecule has 2 N–H and O–H groups in total. The van der Waals surface area contributed by atoms with Crippen LogP contribution in [0.5, 0.6) is 0 Å². The zero-order chi connectivity index (χ0) is 9.40. The predicted octanol–water partition coefficient (Wildman–Crippen LogP) is 0.253. The van der Waals surface area contributed by atoms with Crippen molar-refractivity contribution in [1.82, 2.24) is 5.32 Å². The smallest absolute Gasteiger partial charge is 0.332 e. The van der Waals surface area contributed by atoms with Gasteiger partial charge < -0.3 is 15.2 Å². The number of rotatable bonds is 7. The molecule has 0 heterocycles. The van der Waals surface area contributed by atoms with Crippen molar-refractivity contribution in [3.05, 3.63) is 12.2 Å². The number of hydrogen-bond donors (Lipinski definition) is 2. The Morgan fingerprint density at radius 3 is 2.83 bits per heavy atom. The first kappa shape index (κ1) is 11.1. The van der Waals surface area contributed by atoms with Crippen LogP contribution >= 0.6 is 0 Å². The summed E-state index contributed by atoms with van der Waals surface area (Å²) < 4.78 is 4.82. The molecule has 0 aliphatic heterocycles. The average Bonchev–Trinajstić information content (AvgIpc) is 2.03. The standard InChI is InChI=1S/C8H15NO3/c1-7(8(10)11)6-9-4-3-5-12-2/h9H,1,3-6H2,2H3,(H,10,11). The average molecular weight is 173 g/mol. The van der Waals surface area contributed by atoms with Gasteiger partial charge >= 0.3 is 5.97 Å². The van der Waals surface area contributed by atoms with Gasteiger partial charge in [-0.25, -0.2) is 4.79 Å². The molecule has 0 unspecified atom stereocenters. The molecule has 70 valence electrons. The quantitative estimate of drug-likeness (QED) is 0.428. The van der Waals surface area contributed by atoms with Crippen LogP contribution < -0.4 is 5.32 Å². The summed E-state index contributed by atoms with van der Waals surface area (Å²) in [7, 11) is 1.64. The molecule has 0 aromatic rings. The first-order valence-electron chi connectivity index (χ1n) is 3.79. The van der Waals surface area contributed by atoms with E-state index in [0.717, 1.165) is 13.0 Å². The molecular weight excluding hydrogens is 158 g/mol. The van der Waals surface area contributed by atoms with Crippen molar-refractivity contribution in [2.75, 3.05) is 26.8 Å². The van der Waals surface area contributed by atoms with Crippen LogP contribution in [0.25, 0.3) is 0 Å². The first-order valence-corrected chi connectivity index (χ1v) is 3.79. The Hall–Kier alpha value is -0.870. The molecule has 4 nitrogen and oxygen atoms in total. The van der Waals surface area contributed by atoms with Gasteiger partial charge in [0.25, 0.3) is 0 Å². The minimum absolute atomic E-state index is 0.187. The van der Waals surface area contributed by atoms with Gasteiger partial charge in [-0.1, -0.05) is 6.58 Å². The van der Waals surface area contributed by atoms with E-state index in [2.05, 4.69) is 11.9 Å². The summed E-state index contributed by atoms with van der Waals surface area (Å²) >= 11 is 0. The highest BCUT2D eigenvalue weighted by atomic mass is 16.5. The minimum atomic E-state index is -0.950. The van der Waals surface area contributed by atoms with E-state index in [1.54, 1.807) is 7.11 Å². The highest BCUT2D eigenvalue weighted by Gasteiger charge is 2.01. The van der Waals surface area contributed by atoms with Crippen LogP contribution in [0.4, 0.5) is 0 Å². The van der Waals surface area contributed by atoms with Crippen molar-refractivity contribution < 1.29 is 14.6 Å². The summed E-state index contributed by atoms with van der Waals surface area (Å²) in [6.07, 6.45) is 0.878. The van der Waals surface area contributed by atoms with Gasteiger partial charge in [0.05, 0.1) is 0 Å². The Labute approximate surface area is 72.2 Å². The fraction of sp³-hybridized carbons (Fsp3) is 0.625. The fourth-order valence-electron chi connectivity index (χ4n) is 0.656. The lowest BCUT2D eigenvalue weighted by atomic mass is 10.3. The van der Waals surface area contributed by atoms with Gasteiger partial charge in [0.15, 0.2) is 0 Å². The molecule has 0 aromatic carbocycles. The van der Waals surface area contributed by atoms with E-state index in [4.69, 9.17) is 9.84 Å². The van der Waals surface area contributed by atoms with E-state index in [0.29, 0.717) is 13.2 Å². The lowest BCUT2D eigenvalue weighted by Crippen LogP contribution is -2.22. The molecule has 0 atom stereocenters. The highest BCUT2D eigenvalue weighted by Crippen LogP contribution is 1.86. The summed E-state index contributed by atoms with van der Waals surface area (Å²) in [6, 6.07) is 0. The lowest BCUT2D eigenvalue weighted by molar-refractivity contribution is -0.132. The number of carboxylic acid groups (broad SMARTS) is 1. The second-order valence-electron chi connectivity index (χ2n) is 2.43. The molecule has 0 aromatic heterocycles. The van der Waals surface area contributed by atoms with Gasteiger partial charge in [0, 0.05) is 25.8 Å². The third kappa shape index (κ3) is 5.88. The van der Waals surface area contributed by atoms with Gasteiger partial charge in [-0.05, 0) is 13.0 Å². The first-order chi connectivity index (χ1) is 5.68. The molecule has 0 saturated carbocycles. The second kappa shape index (κ2) is 6.82. The van der Waals surface area contributed by atoms with E-state index in [1.807, 2.05) is 0 Å². The normalized spacial score (nSPS) is 9.75. The second-order valence-corrected chi connectivity index (χ2v) is 2.43. The molecule has 0 amide bonds. The van der Waals surface area contributed by atoms with Crippen LogP contribution in [0.3, 0.4) is 0 Å². The number of carbonyl (C=O) groups is 1. The van der Waals surface area contributed by atoms with Gasteiger partial charge in [-0.2, -0.15) is 0 Å². The van der Waals surface area contributed by atoms with Gasteiger partial charge in [-0.15, -0.1) is 0 Å². The summed E-state index contributed by atoms with van der Waals surface area (Å²) in [5.74, 6) is -0.950. The molecule has 0 rings (SSSR count). The van der Waals surface area contributed by atoms with Crippen molar-refractivity contribution >= 4 is 5.97 Å². The maximum Gasteiger partial charge on any atom is 0.332 e. The third-order valence-corrected chi connectivity index (χ3v) is 1.34. The lowest BCUT2D eigenvalue weighted by Gasteiger charge is -2.03. The van der Waals surface area contributed by atoms with E-state index < -0.39 is 5.97 Å². The fourth-order valence-corrected chi connectivity index (χ4v) is 0.656. The van der Waals surface area contributed by atoms with E-state index in [9.17, 15) is 4.79 Å². The van der Waals surface area contributed by atoms with E-state index >= 15 is 0 Å². The van der Waals surface area contributed by atoms with E-state index in [-0.39, 0.29) is 5.57 Å². The van der Waals surface area contributed by atoms with Crippen molar-refractivity contribution in [3.63, 3.8) is 0 Å². The van der Waals surface area contributed by atoms with Crippen LogP contribution in [0, 0.1) is 0 Å². The van der Waals surface area contributed by atoms with Crippen LogP contribution in [-0.2, 0) is 9.53 Å². The van der Waals surface area contributed by atoms with Crippen molar-refractivity contribution in [2.45, 2.75) is 6.42 Å². The Balaban J connectivity index is 3.20. The number of aliphatic carboxylic acids is 1. The number of nitrogens with one attached hydrogen (secondary N) is 1. The summed E-state index contributed by atoms with van der Waals surface area (Å²) in [5.41, 5.74) is 0.187. The van der Waals surface area contributed by atoms with Gasteiger partial charge in [-0.3, -0.25) is 0 Å². The Morgan fingerprint density at radius 1 is 1.67 bits per heavy atom. The van der Waals surface area contributed by atoms with Crippen molar-refractivity contribution in [3.8, 4) is 0 Å². The summed E-state index contributed by atoms with van der Waals surface area (Å²) in [5, 5.41) is 11.4.